The minimum atomic E-state index is -0.525. The topological polar surface area (TPSA) is 79.0 Å². The molecule has 5 nitrogen and oxygen atoms in total. The highest BCUT2D eigenvalue weighted by atomic mass is 16.5. The van der Waals surface area contributed by atoms with Crippen LogP contribution in [0.5, 0.6) is 5.75 Å². The first kappa shape index (κ1) is 15.1. The molecule has 1 saturated carbocycles. The van der Waals surface area contributed by atoms with Crippen molar-refractivity contribution in [1.82, 2.24) is 4.90 Å². The number of hydrogen-bond donors (Lipinski definition) is 3. The largest absolute Gasteiger partial charge is 0.491 e. The highest BCUT2D eigenvalue weighted by Gasteiger charge is 2.28. The van der Waals surface area contributed by atoms with Crippen molar-refractivity contribution in [2.45, 2.75) is 25.0 Å². The van der Waals surface area contributed by atoms with Crippen LogP contribution in [0.3, 0.4) is 0 Å². The summed E-state index contributed by atoms with van der Waals surface area (Å²) >= 11 is 0. The average molecular weight is 280 g/mol. The van der Waals surface area contributed by atoms with E-state index in [2.05, 4.69) is 4.90 Å². The van der Waals surface area contributed by atoms with Crippen molar-refractivity contribution in [2.75, 3.05) is 32.5 Å². The molecule has 1 aliphatic carbocycles. The molecule has 20 heavy (non-hydrogen) atoms. The predicted molar refractivity (Wildman–Crippen MR) is 78.6 cm³/mol. The fourth-order valence-electron chi connectivity index (χ4n) is 2.53. The van der Waals surface area contributed by atoms with Gasteiger partial charge in [-0.15, -0.1) is 0 Å². The molecule has 2 rings (SSSR count). The van der Waals surface area contributed by atoms with E-state index in [4.69, 9.17) is 10.5 Å². The monoisotopic (exact) mass is 280 g/mol. The number of aliphatic hydroxyl groups is 2. The van der Waals surface area contributed by atoms with E-state index in [0.29, 0.717) is 23.9 Å². The molecule has 1 aromatic rings. The summed E-state index contributed by atoms with van der Waals surface area (Å²) in [6, 6.07) is 7.13. The summed E-state index contributed by atoms with van der Waals surface area (Å²) in [7, 11) is 1.98. The average Bonchev–Trinajstić information content (AvgIpc) is 2.36. The third-order valence-corrected chi connectivity index (χ3v) is 3.63. The fourth-order valence-corrected chi connectivity index (χ4v) is 2.53. The van der Waals surface area contributed by atoms with E-state index in [0.717, 1.165) is 19.4 Å². The zero-order valence-corrected chi connectivity index (χ0v) is 11.9. The quantitative estimate of drug-likeness (QED) is 0.641. The van der Waals surface area contributed by atoms with E-state index >= 15 is 0 Å². The van der Waals surface area contributed by atoms with Gasteiger partial charge in [0.05, 0.1) is 6.10 Å². The molecule has 5 heteroatoms. The zero-order chi connectivity index (χ0) is 14.5. The second kappa shape index (κ2) is 6.92. The second-order valence-electron chi connectivity index (χ2n) is 5.75. The fraction of sp³-hybridized carbons (Fsp3) is 0.600. The minimum absolute atomic E-state index is 0.118. The Labute approximate surface area is 120 Å². The van der Waals surface area contributed by atoms with Gasteiger partial charge in [-0.05, 0) is 50.1 Å². The van der Waals surface area contributed by atoms with Crippen molar-refractivity contribution in [3.8, 4) is 5.75 Å². The van der Waals surface area contributed by atoms with Crippen LogP contribution in [0, 0.1) is 5.92 Å². The van der Waals surface area contributed by atoms with E-state index < -0.39 is 6.10 Å². The van der Waals surface area contributed by atoms with Gasteiger partial charge in [-0.1, -0.05) is 0 Å². The minimum Gasteiger partial charge on any atom is -0.491 e. The third-order valence-electron chi connectivity index (χ3n) is 3.63. The van der Waals surface area contributed by atoms with Crippen LogP contribution in [0.2, 0.25) is 0 Å². The van der Waals surface area contributed by atoms with Crippen LogP contribution in [-0.4, -0.2) is 54.1 Å². The van der Waals surface area contributed by atoms with Gasteiger partial charge in [0.1, 0.15) is 18.5 Å². The lowest BCUT2D eigenvalue weighted by Crippen LogP contribution is -2.40. The van der Waals surface area contributed by atoms with Crippen LogP contribution in [0.1, 0.15) is 12.8 Å². The van der Waals surface area contributed by atoms with E-state index in [1.807, 2.05) is 7.05 Å². The van der Waals surface area contributed by atoms with Gasteiger partial charge in [-0.3, -0.25) is 0 Å². The highest BCUT2D eigenvalue weighted by Crippen LogP contribution is 2.27. The van der Waals surface area contributed by atoms with Crippen LogP contribution in [0.4, 0.5) is 5.69 Å². The summed E-state index contributed by atoms with van der Waals surface area (Å²) in [5.74, 6) is 1.27. The van der Waals surface area contributed by atoms with E-state index in [9.17, 15) is 10.2 Å². The Balaban J connectivity index is 1.64. The summed E-state index contributed by atoms with van der Waals surface area (Å²) in [4.78, 5) is 2.09. The normalized spacial score (nSPS) is 23.4. The molecule has 0 amide bonds. The number of rotatable bonds is 7. The van der Waals surface area contributed by atoms with Gasteiger partial charge in [-0.25, -0.2) is 0 Å². The maximum absolute atomic E-state index is 9.95. The Hall–Kier alpha value is -1.30. The van der Waals surface area contributed by atoms with Crippen molar-refractivity contribution in [1.29, 1.82) is 0 Å². The van der Waals surface area contributed by atoms with Crippen LogP contribution < -0.4 is 10.5 Å². The molecule has 112 valence electrons. The summed E-state index contributed by atoms with van der Waals surface area (Å²) in [5, 5.41) is 19.2. The maximum Gasteiger partial charge on any atom is 0.119 e. The molecular formula is C15H24N2O3. The van der Waals surface area contributed by atoms with Gasteiger partial charge in [-0.2, -0.15) is 0 Å². The SMILES string of the molecule is CN(CC(O)COc1ccc(N)cc1)CC1CC(O)C1. The van der Waals surface area contributed by atoms with Crippen molar-refractivity contribution in [2.24, 2.45) is 5.92 Å². The molecular weight excluding hydrogens is 256 g/mol. The van der Waals surface area contributed by atoms with Gasteiger partial charge in [0.2, 0.25) is 0 Å². The molecule has 0 heterocycles. The Morgan fingerprint density at radius 3 is 2.60 bits per heavy atom. The molecule has 0 saturated heterocycles. The Bertz CT molecular complexity index is 404. The molecule has 1 atom stereocenters. The predicted octanol–water partition coefficient (Wildman–Crippen LogP) is 0.711. The molecule has 0 radical (unpaired) electrons. The number of hydrogen-bond acceptors (Lipinski definition) is 5. The third kappa shape index (κ3) is 4.67. The number of aliphatic hydroxyl groups excluding tert-OH is 2. The molecule has 0 aliphatic heterocycles. The number of likely N-dealkylation sites (N-methyl/N-ethyl adjacent to an activating group) is 1. The molecule has 1 fully saturated rings. The first-order chi connectivity index (χ1) is 9.52. The van der Waals surface area contributed by atoms with Gasteiger partial charge in [0, 0.05) is 18.8 Å². The maximum atomic E-state index is 9.95. The zero-order valence-electron chi connectivity index (χ0n) is 11.9. The van der Waals surface area contributed by atoms with Crippen LogP contribution in [0.25, 0.3) is 0 Å². The van der Waals surface area contributed by atoms with Crippen molar-refractivity contribution >= 4 is 5.69 Å². The van der Waals surface area contributed by atoms with Crippen molar-refractivity contribution in [3.05, 3.63) is 24.3 Å². The highest BCUT2D eigenvalue weighted by molar-refractivity contribution is 5.41. The first-order valence-electron chi connectivity index (χ1n) is 7.06. The lowest BCUT2D eigenvalue weighted by atomic mass is 9.82. The summed E-state index contributed by atoms with van der Waals surface area (Å²) in [6.07, 6.45) is 1.11. The number of ether oxygens (including phenoxy) is 1. The first-order valence-corrected chi connectivity index (χ1v) is 7.06. The standard InChI is InChI=1S/C15H24N2O3/c1-17(8-11-6-13(18)7-11)9-14(19)10-20-15-4-2-12(16)3-5-15/h2-5,11,13-14,18-19H,6-10,16H2,1H3. The molecule has 1 unspecified atom stereocenters. The van der Waals surface area contributed by atoms with Crippen LogP contribution >= 0.6 is 0 Å². The Kier molecular flexibility index (Phi) is 5.23. The molecule has 4 N–H and O–H groups in total. The number of anilines is 1. The number of benzene rings is 1. The van der Waals surface area contributed by atoms with Gasteiger partial charge in [0.15, 0.2) is 0 Å². The number of nitrogen functional groups attached to an aromatic ring is 1. The van der Waals surface area contributed by atoms with E-state index in [1.165, 1.54) is 0 Å². The smallest absolute Gasteiger partial charge is 0.119 e. The number of nitrogens with two attached hydrogens (primary N) is 1. The summed E-state index contributed by atoms with van der Waals surface area (Å²) in [6.45, 7) is 1.75. The van der Waals surface area contributed by atoms with E-state index in [1.54, 1.807) is 24.3 Å². The van der Waals surface area contributed by atoms with Crippen LogP contribution in [0.15, 0.2) is 24.3 Å². The van der Waals surface area contributed by atoms with Gasteiger partial charge >= 0.3 is 0 Å². The molecule has 1 aromatic carbocycles. The lowest BCUT2D eigenvalue weighted by Gasteiger charge is -2.35. The van der Waals surface area contributed by atoms with Crippen molar-refractivity contribution in [3.63, 3.8) is 0 Å². The van der Waals surface area contributed by atoms with E-state index in [-0.39, 0.29) is 12.7 Å². The van der Waals surface area contributed by atoms with Gasteiger partial charge < -0.3 is 25.6 Å². The van der Waals surface area contributed by atoms with Crippen LogP contribution in [-0.2, 0) is 0 Å². The molecule has 1 aliphatic rings. The summed E-state index contributed by atoms with van der Waals surface area (Å²) in [5.41, 5.74) is 6.29. The Morgan fingerprint density at radius 1 is 1.35 bits per heavy atom. The molecule has 0 spiro atoms. The second-order valence-corrected chi connectivity index (χ2v) is 5.75. The molecule has 0 aromatic heterocycles. The Morgan fingerprint density at radius 2 is 2.00 bits per heavy atom. The van der Waals surface area contributed by atoms with Crippen molar-refractivity contribution < 1.29 is 14.9 Å². The number of nitrogens with zero attached hydrogens (tertiary/aromatic N) is 1. The lowest BCUT2D eigenvalue weighted by molar-refractivity contribution is 0.0162. The van der Waals surface area contributed by atoms with Gasteiger partial charge in [0.25, 0.3) is 0 Å². The molecule has 0 bridgehead atoms. The summed E-state index contributed by atoms with van der Waals surface area (Å²) < 4.78 is 5.51.